The van der Waals surface area contributed by atoms with E-state index in [0.29, 0.717) is 11.8 Å². The second-order valence-corrected chi connectivity index (χ2v) is 11.6. The summed E-state index contributed by atoms with van der Waals surface area (Å²) in [7, 11) is 0. The first kappa shape index (κ1) is 26.5. The number of hydrogen-bond donors (Lipinski definition) is 2. The van der Waals surface area contributed by atoms with Crippen molar-refractivity contribution in [2.75, 3.05) is 11.4 Å². The van der Waals surface area contributed by atoms with Gasteiger partial charge in [-0.15, -0.1) is 0 Å². The molecule has 3 aromatic rings. The molecule has 0 amide bonds. The second-order valence-electron chi connectivity index (χ2n) is 11.6. The molecule has 4 nitrogen and oxygen atoms in total. The third-order valence-corrected chi connectivity index (χ3v) is 9.08. The van der Waals surface area contributed by atoms with Gasteiger partial charge in [0.05, 0.1) is 5.92 Å². The third kappa shape index (κ3) is 6.47. The molecule has 2 aliphatic carbocycles. The number of carbonyl (C=O) groups is 1. The lowest BCUT2D eigenvalue weighted by molar-refractivity contribution is -0.142. The summed E-state index contributed by atoms with van der Waals surface area (Å²) < 4.78 is 0. The summed E-state index contributed by atoms with van der Waals surface area (Å²) in [5.74, 6) is 1.70. The molecule has 2 fully saturated rings. The Hall–Kier alpha value is -3.11. The van der Waals surface area contributed by atoms with Crippen molar-refractivity contribution in [1.82, 2.24) is 0 Å². The van der Waals surface area contributed by atoms with Gasteiger partial charge in [0.2, 0.25) is 0 Å². The molecule has 5 rings (SSSR count). The molecule has 2 saturated carbocycles. The fraction of sp³-hybridized carbons (Fsp3) is 0.441. The normalized spacial score (nSPS) is 23.8. The second kappa shape index (κ2) is 12.6. The minimum atomic E-state index is -0.728. The van der Waals surface area contributed by atoms with E-state index >= 15 is 0 Å². The molecule has 0 saturated heterocycles. The van der Waals surface area contributed by atoms with Gasteiger partial charge in [-0.25, -0.2) is 0 Å². The van der Waals surface area contributed by atoms with Gasteiger partial charge in [-0.2, -0.15) is 0 Å². The van der Waals surface area contributed by atoms with E-state index in [-0.39, 0.29) is 12.5 Å². The molecule has 0 heterocycles. The Morgan fingerprint density at radius 2 is 1.26 bits per heavy atom. The molecular weight excluding hydrogens is 468 g/mol. The number of benzene rings is 3. The van der Waals surface area contributed by atoms with Crippen molar-refractivity contribution in [3.8, 4) is 0 Å². The number of hydrogen-bond acceptors (Lipinski definition) is 3. The fourth-order valence-corrected chi connectivity index (χ4v) is 6.96. The molecule has 200 valence electrons. The van der Waals surface area contributed by atoms with Crippen LogP contribution in [0.1, 0.15) is 69.3 Å². The largest absolute Gasteiger partial charge is 0.481 e. The molecule has 0 bridgehead atoms. The molecule has 0 radical (unpaired) electrons. The number of rotatable bonds is 11. The van der Waals surface area contributed by atoms with Crippen molar-refractivity contribution in [2.24, 2.45) is 29.4 Å². The standard InChI is InChI=1S/C34H42N2O2/c35-24-30(34(37)38)23-27-14-13-25(21-27)11-12-26-15-16-29(22-26)28-17-19-33(20-18-28)36(31-7-3-1-4-8-31)32-9-5-2-6-10-32/h1-10,17-20,25-27,29-30H,11-16,21-24,35H2,(H,37,38). The van der Waals surface area contributed by atoms with E-state index in [0.717, 1.165) is 18.3 Å². The Labute approximate surface area is 227 Å². The molecule has 5 atom stereocenters. The number of carboxylic acid groups (broad SMARTS) is 1. The van der Waals surface area contributed by atoms with Crippen LogP contribution in [0, 0.1) is 23.7 Å². The van der Waals surface area contributed by atoms with Gasteiger partial charge in [0.15, 0.2) is 0 Å². The van der Waals surface area contributed by atoms with Crippen LogP contribution in [0.3, 0.4) is 0 Å². The fourth-order valence-electron chi connectivity index (χ4n) is 6.96. The van der Waals surface area contributed by atoms with Crippen LogP contribution in [0.4, 0.5) is 17.1 Å². The van der Waals surface area contributed by atoms with Crippen LogP contribution < -0.4 is 10.6 Å². The van der Waals surface area contributed by atoms with Gasteiger partial charge in [-0.05, 0) is 97.7 Å². The van der Waals surface area contributed by atoms with Crippen molar-refractivity contribution in [2.45, 2.75) is 63.7 Å². The van der Waals surface area contributed by atoms with Crippen LogP contribution in [-0.4, -0.2) is 17.6 Å². The van der Waals surface area contributed by atoms with E-state index in [1.54, 1.807) is 0 Å². The molecule has 4 heteroatoms. The smallest absolute Gasteiger partial charge is 0.307 e. The zero-order chi connectivity index (χ0) is 26.3. The van der Waals surface area contributed by atoms with Gasteiger partial charge >= 0.3 is 5.97 Å². The van der Waals surface area contributed by atoms with E-state index in [2.05, 4.69) is 89.8 Å². The van der Waals surface area contributed by atoms with Gasteiger partial charge in [0, 0.05) is 23.6 Å². The summed E-state index contributed by atoms with van der Waals surface area (Å²) in [6.07, 6.45) is 10.9. The Balaban J connectivity index is 1.15. The van der Waals surface area contributed by atoms with E-state index in [1.807, 2.05) is 0 Å². The van der Waals surface area contributed by atoms with Crippen LogP contribution in [0.15, 0.2) is 84.9 Å². The molecule has 2 aliphatic rings. The lowest BCUT2D eigenvalue weighted by atomic mass is 9.89. The summed E-state index contributed by atoms with van der Waals surface area (Å²) in [4.78, 5) is 13.7. The SMILES string of the molecule is NCC(CC1CCC(CCC2CCC(c3ccc(N(c4ccccc4)c4ccccc4)cc3)C2)C1)C(=O)O. The monoisotopic (exact) mass is 510 g/mol. The highest BCUT2D eigenvalue weighted by Crippen LogP contribution is 2.44. The predicted molar refractivity (Wildman–Crippen MR) is 156 cm³/mol. The van der Waals surface area contributed by atoms with Crippen molar-refractivity contribution in [3.63, 3.8) is 0 Å². The summed E-state index contributed by atoms with van der Waals surface area (Å²) in [6.45, 7) is 0.261. The van der Waals surface area contributed by atoms with Crippen LogP contribution in [-0.2, 0) is 4.79 Å². The van der Waals surface area contributed by atoms with Crippen molar-refractivity contribution in [1.29, 1.82) is 0 Å². The van der Waals surface area contributed by atoms with Gasteiger partial charge in [-0.1, -0.05) is 74.2 Å². The zero-order valence-corrected chi connectivity index (χ0v) is 22.4. The van der Waals surface area contributed by atoms with Gasteiger partial charge < -0.3 is 15.7 Å². The van der Waals surface area contributed by atoms with Crippen molar-refractivity contribution >= 4 is 23.0 Å². The molecule has 0 aliphatic heterocycles. The van der Waals surface area contributed by atoms with E-state index in [1.165, 1.54) is 74.0 Å². The molecule has 0 spiro atoms. The van der Waals surface area contributed by atoms with E-state index in [9.17, 15) is 9.90 Å². The van der Waals surface area contributed by atoms with Crippen LogP contribution in [0.5, 0.6) is 0 Å². The first-order valence-electron chi connectivity index (χ1n) is 14.5. The maximum atomic E-state index is 11.3. The first-order chi connectivity index (χ1) is 18.6. The Morgan fingerprint density at radius 3 is 1.84 bits per heavy atom. The van der Waals surface area contributed by atoms with E-state index in [4.69, 9.17) is 5.73 Å². The minimum Gasteiger partial charge on any atom is -0.481 e. The minimum absolute atomic E-state index is 0.261. The molecular formula is C34H42N2O2. The lowest BCUT2D eigenvalue weighted by Gasteiger charge is -2.26. The average molecular weight is 511 g/mol. The topological polar surface area (TPSA) is 66.6 Å². The van der Waals surface area contributed by atoms with Crippen LogP contribution in [0.2, 0.25) is 0 Å². The van der Waals surface area contributed by atoms with E-state index < -0.39 is 5.97 Å². The molecule has 38 heavy (non-hydrogen) atoms. The summed E-state index contributed by atoms with van der Waals surface area (Å²) in [5, 5.41) is 9.33. The maximum absolute atomic E-state index is 11.3. The maximum Gasteiger partial charge on any atom is 0.307 e. The van der Waals surface area contributed by atoms with Crippen LogP contribution in [0.25, 0.3) is 0 Å². The third-order valence-electron chi connectivity index (χ3n) is 9.08. The zero-order valence-electron chi connectivity index (χ0n) is 22.4. The number of nitrogens with zero attached hydrogens (tertiary/aromatic N) is 1. The quantitative estimate of drug-likeness (QED) is 0.272. The van der Waals surface area contributed by atoms with Crippen LogP contribution >= 0.6 is 0 Å². The Kier molecular flexibility index (Phi) is 8.80. The van der Waals surface area contributed by atoms with Crippen molar-refractivity contribution < 1.29 is 9.90 Å². The average Bonchev–Trinajstić information content (AvgIpc) is 3.62. The number of nitrogens with two attached hydrogens (primary N) is 1. The first-order valence-corrected chi connectivity index (χ1v) is 14.5. The number of para-hydroxylation sites is 2. The Bertz CT molecular complexity index is 1110. The summed E-state index contributed by atoms with van der Waals surface area (Å²) in [5.41, 5.74) is 10.7. The Morgan fingerprint density at radius 1 is 0.737 bits per heavy atom. The predicted octanol–water partition coefficient (Wildman–Crippen LogP) is 8.29. The summed E-state index contributed by atoms with van der Waals surface area (Å²) >= 11 is 0. The van der Waals surface area contributed by atoms with Gasteiger partial charge in [0.25, 0.3) is 0 Å². The molecule has 3 N–H and O–H groups in total. The van der Waals surface area contributed by atoms with Gasteiger partial charge in [-0.3, -0.25) is 4.79 Å². The van der Waals surface area contributed by atoms with Crippen molar-refractivity contribution in [3.05, 3.63) is 90.5 Å². The highest BCUT2D eigenvalue weighted by atomic mass is 16.4. The summed E-state index contributed by atoms with van der Waals surface area (Å²) in [6, 6.07) is 30.4. The highest BCUT2D eigenvalue weighted by molar-refractivity contribution is 5.76. The highest BCUT2D eigenvalue weighted by Gasteiger charge is 2.31. The lowest BCUT2D eigenvalue weighted by Crippen LogP contribution is -2.25. The number of anilines is 3. The molecule has 0 aromatic heterocycles. The molecule has 5 unspecified atom stereocenters. The number of carboxylic acids is 1. The molecule has 3 aromatic carbocycles. The van der Waals surface area contributed by atoms with Gasteiger partial charge in [0.1, 0.15) is 0 Å². The number of aliphatic carboxylic acids is 1.